The average molecular weight is 403 g/mol. The number of morpholine rings is 1. The van der Waals surface area contributed by atoms with E-state index in [1.807, 2.05) is 12.1 Å². The van der Waals surface area contributed by atoms with Crippen molar-refractivity contribution < 1.29 is 19.0 Å². The summed E-state index contributed by atoms with van der Waals surface area (Å²) in [6.45, 7) is 11.8. The second-order valence-corrected chi connectivity index (χ2v) is 7.87. The molecule has 1 aromatic heterocycles. The van der Waals surface area contributed by atoms with Crippen LogP contribution in [0, 0.1) is 13.8 Å². The fourth-order valence-electron chi connectivity index (χ4n) is 3.65. The molecule has 1 aromatic carbocycles. The van der Waals surface area contributed by atoms with Gasteiger partial charge in [-0.1, -0.05) is 23.8 Å². The molecule has 160 valence electrons. The van der Waals surface area contributed by atoms with Gasteiger partial charge < -0.3 is 19.0 Å². The maximum absolute atomic E-state index is 10.5. The van der Waals surface area contributed by atoms with Gasteiger partial charge in [0.05, 0.1) is 32.2 Å². The van der Waals surface area contributed by atoms with Crippen LogP contribution in [0.5, 0.6) is 0 Å². The molecule has 1 aliphatic heterocycles. The lowest BCUT2D eigenvalue weighted by atomic mass is 10.1. The van der Waals surface area contributed by atoms with E-state index in [0.29, 0.717) is 19.8 Å². The van der Waals surface area contributed by atoms with Crippen LogP contribution in [-0.4, -0.2) is 73.6 Å². The molecule has 0 aliphatic carbocycles. The first kappa shape index (κ1) is 22.0. The summed E-state index contributed by atoms with van der Waals surface area (Å²) in [4.78, 5) is 4.76. The summed E-state index contributed by atoms with van der Waals surface area (Å²) < 4.78 is 16.3. The minimum absolute atomic E-state index is 0.293. The molecule has 0 bridgehead atoms. The Morgan fingerprint density at radius 1 is 1.21 bits per heavy atom. The van der Waals surface area contributed by atoms with Crippen LogP contribution in [0.2, 0.25) is 0 Å². The van der Waals surface area contributed by atoms with E-state index in [0.717, 1.165) is 51.7 Å². The van der Waals surface area contributed by atoms with Crippen LogP contribution in [-0.2, 0) is 22.6 Å². The maximum atomic E-state index is 10.5. The Hall–Kier alpha value is -1.70. The lowest BCUT2D eigenvalue weighted by molar-refractivity contribution is -0.00155. The number of hydrogen-bond donors (Lipinski definition) is 1. The van der Waals surface area contributed by atoms with E-state index in [2.05, 4.69) is 41.8 Å². The van der Waals surface area contributed by atoms with Crippen molar-refractivity contribution in [3.05, 3.63) is 59.0 Å². The van der Waals surface area contributed by atoms with E-state index in [4.69, 9.17) is 13.9 Å². The van der Waals surface area contributed by atoms with Crippen LogP contribution in [0.4, 0.5) is 0 Å². The van der Waals surface area contributed by atoms with E-state index < -0.39 is 6.10 Å². The van der Waals surface area contributed by atoms with Gasteiger partial charge in [0.15, 0.2) is 0 Å². The predicted octanol–water partition coefficient (Wildman–Crippen LogP) is 2.61. The third-order valence-corrected chi connectivity index (χ3v) is 5.33. The van der Waals surface area contributed by atoms with Gasteiger partial charge in [-0.05, 0) is 37.1 Å². The van der Waals surface area contributed by atoms with Gasteiger partial charge in [0.1, 0.15) is 12.4 Å². The minimum atomic E-state index is -0.541. The van der Waals surface area contributed by atoms with Crippen LogP contribution < -0.4 is 0 Å². The Labute approximate surface area is 174 Å². The maximum Gasteiger partial charge on any atom is 0.129 e. The molecule has 0 radical (unpaired) electrons. The second kappa shape index (κ2) is 11.5. The van der Waals surface area contributed by atoms with E-state index in [-0.39, 0.29) is 0 Å². The first-order valence-corrected chi connectivity index (χ1v) is 10.5. The van der Waals surface area contributed by atoms with Gasteiger partial charge in [0, 0.05) is 39.3 Å². The van der Waals surface area contributed by atoms with Crippen molar-refractivity contribution in [2.75, 3.05) is 52.5 Å². The number of hydrogen-bond acceptors (Lipinski definition) is 6. The number of aliphatic hydroxyl groups excluding tert-OH is 1. The Balaban J connectivity index is 1.53. The zero-order valence-corrected chi connectivity index (χ0v) is 17.7. The molecule has 2 aromatic rings. The number of benzene rings is 1. The molecule has 2 heterocycles. The van der Waals surface area contributed by atoms with Gasteiger partial charge in [0.2, 0.25) is 0 Å². The monoisotopic (exact) mass is 402 g/mol. The molecular formula is C23H34N2O4. The van der Waals surface area contributed by atoms with Gasteiger partial charge in [-0.2, -0.15) is 0 Å². The molecule has 29 heavy (non-hydrogen) atoms. The summed E-state index contributed by atoms with van der Waals surface area (Å²) in [7, 11) is 0. The zero-order valence-electron chi connectivity index (χ0n) is 17.7. The van der Waals surface area contributed by atoms with E-state index in [1.165, 1.54) is 16.7 Å². The van der Waals surface area contributed by atoms with Crippen molar-refractivity contribution in [3.63, 3.8) is 0 Å². The van der Waals surface area contributed by atoms with E-state index in [1.54, 1.807) is 6.26 Å². The Kier molecular flexibility index (Phi) is 8.70. The Morgan fingerprint density at radius 2 is 2.03 bits per heavy atom. The van der Waals surface area contributed by atoms with Crippen molar-refractivity contribution >= 4 is 0 Å². The highest BCUT2D eigenvalue weighted by Crippen LogP contribution is 2.14. The van der Waals surface area contributed by atoms with Gasteiger partial charge in [0.25, 0.3) is 0 Å². The average Bonchev–Trinajstić information content (AvgIpc) is 3.22. The normalized spacial score (nSPS) is 16.4. The number of rotatable bonds is 11. The summed E-state index contributed by atoms with van der Waals surface area (Å²) in [5, 5.41) is 10.5. The van der Waals surface area contributed by atoms with Gasteiger partial charge >= 0.3 is 0 Å². The zero-order chi connectivity index (χ0) is 20.5. The van der Waals surface area contributed by atoms with Crippen molar-refractivity contribution in [1.82, 2.24) is 9.80 Å². The fourth-order valence-corrected chi connectivity index (χ4v) is 3.65. The first-order chi connectivity index (χ1) is 14.1. The summed E-state index contributed by atoms with van der Waals surface area (Å²) in [6.07, 6.45) is 1.09. The van der Waals surface area contributed by atoms with Crippen molar-refractivity contribution in [2.45, 2.75) is 33.1 Å². The van der Waals surface area contributed by atoms with E-state index >= 15 is 0 Å². The van der Waals surface area contributed by atoms with Crippen molar-refractivity contribution in [2.24, 2.45) is 0 Å². The molecule has 0 amide bonds. The lowest BCUT2D eigenvalue weighted by Gasteiger charge is -2.31. The van der Waals surface area contributed by atoms with Crippen LogP contribution in [0.1, 0.15) is 22.5 Å². The molecule has 0 saturated carbocycles. The van der Waals surface area contributed by atoms with Crippen molar-refractivity contribution in [3.8, 4) is 0 Å². The summed E-state index contributed by atoms with van der Waals surface area (Å²) in [5.41, 5.74) is 3.88. The second-order valence-electron chi connectivity index (χ2n) is 7.87. The SMILES string of the molecule is Cc1ccc(CN(CCN2CCOCC2)C[C@H](O)COCc2ccco2)c(C)c1. The number of nitrogens with zero attached hydrogens (tertiary/aromatic N) is 2. The molecule has 6 nitrogen and oxygen atoms in total. The molecule has 1 N–H and O–H groups in total. The Bertz CT molecular complexity index is 714. The quantitative estimate of drug-likeness (QED) is 0.624. The molecule has 1 fully saturated rings. The third-order valence-electron chi connectivity index (χ3n) is 5.33. The predicted molar refractivity (Wildman–Crippen MR) is 113 cm³/mol. The van der Waals surface area contributed by atoms with Crippen LogP contribution >= 0.6 is 0 Å². The highest BCUT2D eigenvalue weighted by Gasteiger charge is 2.17. The standard InChI is InChI=1S/C23H34N2O4/c1-19-5-6-21(20(2)14-19)15-25(8-7-24-9-12-27-13-10-24)16-22(26)17-28-18-23-4-3-11-29-23/h3-6,11,14,22,26H,7-10,12-13,15-18H2,1-2H3/t22-/m0/s1. The molecule has 3 rings (SSSR count). The molecule has 1 atom stereocenters. The smallest absolute Gasteiger partial charge is 0.129 e. The molecule has 1 saturated heterocycles. The van der Waals surface area contributed by atoms with Gasteiger partial charge in [-0.15, -0.1) is 0 Å². The topological polar surface area (TPSA) is 58.3 Å². The number of ether oxygens (including phenoxy) is 2. The van der Waals surface area contributed by atoms with Crippen molar-refractivity contribution in [1.29, 1.82) is 0 Å². The van der Waals surface area contributed by atoms with Gasteiger partial charge in [-0.3, -0.25) is 9.80 Å². The molecule has 0 spiro atoms. The number of furan rings is 1. The number of aryl methyl sites for hydroxylation is 2. The fraction of sp³-hybridized carbons (Fsp3) is 0.565. The first-order valence-electron chi connectivity index (χ1n) is 10.5. The summed E-state index contributed by atoms with van der Waals surface area (Å²) in [5.74, 6) is 0.775. The van der Waals surface area contributed by atoms with Crippen LogP contribution in [0.15, 0.2) is 41.0 Å². The molecule has 0 unspecified atom stereocenters. The third kappa shape index (κ3) is 7.57. The van der Waals surface area contributed by atoms with Gasteiger partial charge in [-0.25, -0.2) is 0 Å². The van der Waals surface area contributed by atoms with Crippen LogP contribution in [0.25, 0.3) is 0 Å². The lowest BCUT2D eigenvalue weighted by Crippen LogP contribution is -2.43. The highest BCUT2D eigenvalue weighted by molar-refractivity contribution is 5.30. The minimum Gasteiger partial charge on any atom is -0.467 e. The highest BCUT2D eigenvalue weighted by atomic mass is 16.5. The summed E-state index contributed by atoms with van der Waals surface area (Å²) in [6, 6.07) is 10.3. The largest absolute Gasteiger partial charge is 0.467 e. The molecular weight excluding hydrogens is 368 g/mol. The molecule has 1 aliphatic rings. The molecule has 6 heteroatoms. The van der Waals surface area contributed by atoms with Crippen LogP contribution in [0.3, 0.4) is 0 Å². The van der Waals surface area contributed by atoms with E-state index in [9.17, 15) is 5.11 Å². The summed E-state index contributed by atoms with van der Waals surface area (Å²) >= 11 is 0. The Morgan fingerprint density at radius 3 is 2.76 bits per heavy atom. The number of aliphatic hydroxyl groups is 1.